The summed E-state index contributed by atoms with van der Waals surface area (Å²) >= 11 is 2.09. The zero-order valence-electron chi connectivity index (χ0n) is 11.5. The molecule has 2 aromatic carbocycles. The smallest absolute Gasteiger partial charge is 0.255 e. The summed E-state index contributed by atoms with van der Waals surface area (Å²) in [6.07, 6.45) is 0. The number of carbonyl (C=O) groups is 1. The summed E-state index contributed by atoms with van der Waals surface area (Å²) in [4.78, 5) is 12.2. The Kier molecular flexibility index (Phi) is 4.89. The molecule has 0 bridgehead atoms. The molecule has 2 N–H and O–H groups in total. The average Bonchev–Trinajstić information content (AvgIpc) is 2.48. The zero-order valence-corrected chi connectivity index (χ0v) is 13.7. The van der Waals surface area contributed by atoms with E-state index in [4.69, 9.17) is 9.47 Å². The van der Waals surface area contributed by atoms with Crippen LogP contribution in [0.3, 0.4) is 0 Å². The molecule has 21 heavy (non-hydrogen) atoms. The van der Waals surface area contributed by atoms with Crippen LogP contribution in [0.4, 0.5) is 5.69 Å². The second-order valence-corrected chi connectivity index (χ2v) is 5.36. The van der Waals surface area contributed by atoms with Gasteiger partial charge in [-0.3, -0.25) is 4.79 Å². The highest BCUT2D eigenvalue weighted by Gasteiger charge is 2.15. The minimum absolute atomic E-state index is 0.147. The number of benzene rings is 2. The van der Waals surface area contributed by atoms with E-state index >= 15 is 0 Å². The van der Waals surface area contributed by atoms with E-state index in [1.807, 2.05) is 0 Å². The molecule has 6 heteroatoms. The number of phenolic OH excluding ortho intramolecular Hbond substituents is 1. The molecule has 0 atom stereocenters. The average molecular weight is 399 g/mol. The van der Waals surface area contributed by atoms with Crippen LogP contribution in [0.15, 0.2) is 36.4 Å². The Morgan fingerprint density at radius 2 is 1.81 bits per heavy atom. The van der Waals surface area contributed by atoms with E-state index in [1.54, 1.807) is 31.4 Å². The fourth-order valence-corrected chi connectivity index (χ4v) is 2.62. The van der Waals surface area contributed by atoms with Crippen LogP contribution in [0.1, 0.15) is 10.4 Å². The molecular weight excluding hydrogens is 385 g/mol. The van der Waals surface area contributed by atoms with Crippen LogP contribution in [0.5, 0.6) is 17.2 Å². The standard InChI is InChI=1S/C15H14INO4/c1-20-13-8-9(7-12(16)14(13)21-2)15(19)17-10-3-5-11(18)6-4-10/h3-8,18H,1-2H3,(H,17,19). The third kappa shape index (κ3) is 3.57. The van der Waals surface area contributed by atoms with Crippen molar-refractivity contribution in [3.63, 3.8) is 0 Å². The van der Waals surface area contributed by atoms with E-state index < -0.39 is 0 Å². The molecule has 0 radical (unpaired) electrons. The highest BCUT2D eigenvalue weighted by atomic mass is 127. The van der Waals surface area contributed by atoms with E-state index in [1.165, 1.54) is 19.2 Å². The maximum absolute atomic E-state index is 12.2. The van der Waals surface area contributed by atoms with Crippen molar-refractivity contribution in [1.82, 2.24) is 0 Å². The minimum Gasteiger partial charge on any atom is -0.508 e. The summed E-state index contributed by atoms with van der Waals surface area (Å²) in [5, 5.41) is 12.0. The maximum Gasteiger partial charge on any atom is 0.255 e. The van der Waals surface area contributed by atoms with Crippen molar-refractivity contribution in [2.24, 2.45) is 0 Å². The summed E-state index contributed by atoms with van der Waals surface area (Å²) in [5.41, 5.74) is 1.06. The molecule has 0 aliphatic heterocycles. The van der Waals surface area contributed by atoms with Gasteiger partial charge in [0.15, 0.2) is 11.5 Å². The SMILES string of the molecule is COc1cc(C(=O)Nc2ccc(O)cc2)cc(I)c1OC. The molecule has 0 aliphatic rings. The number of hydrogen-bond acceptors (Lipinski definition) is 4. The van der Waals surface area contributed by atoms with E-state index in [0.29, 0.717) is 22.7 Å². The minimum atomic E-state index is -0.264. The number of hydrogen-bond donors (Lipinski definition) is 2. The first-order valence-electron chi connectivity index (χ1n) is 6.07. The van der Waals surface area contributed by atoms with Gasteiger partial charge >= 0.3 is 0 Å². The van der Waals surface area contributed by atoms with Crippen LogP contribution in [0.25, 0.3) is 0 Å². The predicted octanol–water partition coefficient (Wildman–Crippen LogP) is 3.27. The molecular formula is C15H14INO4. The third-order valence-corrected chi connectivity index (χ3v) is 3.62. The first-order valence-corrected chi connectivity index (χ1v) is 7.15. The van der Waals surface area contributed by atoms with Gasteiger partial charge in [0, 0.05) is 11.3 Å². The Morgan fingerprint density at radius 3 is 2.38 bits per heavy atom. The van der Waals surface area contributed by atoms with Crippen LogP contribution in [0, 0.1) is 3.57 Å². The Balaban J connectivity index is 2.27. The number of methoxy groups -OCH3 is 2. The molecule has 0 aromatic heterocycles. The number of phenols is 1. The molecule has 5 nitrogen and oxygen atoms in total. The Labute approximate surface area is 136 Å². The lowest BCUT2D eigenvalue weighted by Gasteiger charge is -2.12. The highest BCUT2D eigenvalue weighted by Crippen LogP contribution is 2.33. The second-order valence-electron chi connectivity index (χ2n) is 4.19. The topological polar surface area (TPSA) is 67.8 Å². The number of aromatic hydroxyl groups is 1. The predicted molar refractivity (Wildman–Crippen MR) is 88.3 cm³/mol. The summed E-state index contributed by atoms with van der Waals surface area (Å²) in [6, 6.07) is 9.61. The van der Waals surface area contributed by atoms with Crippen molar-refractivity contribution >= 4 is 34.2 Å². The Bertz CT molecular complexity index is 655. The lowest BCUT2D eigenvalue weighted by Crippen LogP contribution is -2.12. The number of rotatable bonds is 4. The zero-order chi connectivity index (χ0) is 15.4. The normalized spacial score (nSPS) is 10.0. The molecule has 2 rings (SSSR count). The quantitative estimate of drug-likeness (QED) is 0.612. The van der Waals surface area contributed by atoms with Crippen molar-refractivity contribution in [2.45, 2.75) is 0 Å². The highest BCUT2D eigenvalue weighted by molar-refractivity contribution is 14.1. The van der Waals surface area contributed by atoms with Crippen molar-refractivity contribution in [1.29, 1.82) is 0 Å². The van der Waals surface area contributed by atoms with Crippen molar-refractivity contribution in [3.8, 4) is 17.2 Å². The van der Waals surface area contributed by atoms with Gasteiger partial charge in [-0.25, -0.2) is 0 Å². The van der Waals surface area contributed by atoms with E-state index in [-0.39, 0.29) is 11.7 Å². The second kappa shape index (κ2) is 6.66. The van der Waals surface area contributed by atoms with Gasteiger partial charge in [0.05, 0.1) is 17.8 Å². The first kappa shape index (κ1) is 15.4. The van der Waals surface area contributed by atoms with Gasteiger partial charge in [-0.05, 0) is 59.0 Å². The van der Waals surface area contributed by atoms with Gasteiger partial charge in [0.2, 0.25) is 0 Å². The van der Waals surface area contributed by atoms with Gasteiger partial charge < -0.3 is 19.9 Å². The molecule has 0 aliphatic carbocycles. The van der Waals surface area contributed by atoms with Gasteiger partial charge in [-0.15, -0.1) is 0 Å². The van der Waals surface area contributed by atoms with Crippen molar-refractivity contribution < 1.29 is 19.4 Å². The van der Waals surface area contributed by atoms with Gasteiger partial charge in [0.1, 0.15) is 5.75 Å². The van der Waals surface area contributed by atoms with Crippen molar-refractivity contribution in [3.05, 3.63) is 45.5 Å². The molecule has 0 saturated carbocycles. The fraction of sp³-hybridized carbons (Fsp3) is 0.133. The van der Waals surface area contributed by atoms with Gasteiger partial charge in [-0.1, -0.05) is 0 Å². The Morgan fingerprint density at radius 1 is 1.14 bits per heavy atom. The largest absolute Gasteiger partial charge is 0.508 e. The molecule has 2 aromatic rings. The van der Waals surface area contributed by atoms with Gasteiger partial charge in [-0.2, -0.15) is 0 Å². The molecule has 0 spiro atoms. The number of ether oxygens (including phenoxy) is 2. The number of nitrogens with one attached hydrogen (secondary N) is 1. The van der Waals surface area contributed by atoms with Crippen LogP contribution >= 0.6 is 22.6 Å². The summed E-state index contributed by atoms with van der Waals surface area (Å²) in [7, 11) is 3.08. The van der Waals surface area contributed by atoms with E-state index in [0.717, 1.165) is 3.57 Å². The first-order chi connectivity index (χ1) is 10.0. The maximum atomic E-state index is 12.2. The molecule has 0 fully saturated rings. The molecule has 110 valence electrons. The molecule has 0 saturated heterocycles. The molecule has 0 heterocycles. The lowest BCUT2D eigenvalue weighted by atomic mass is 10.2. The van der Waals surface area contributed by atoms with Crippen LogP contribution < -0.4 is 14.8 Å². The van der Waals surface area contributed by atoms with E-state index in [2.05, 4.69) is 27.9 Å². The van der Waals surface area contributed by atoms with E-state index in [9.17, 15) is 9.90 Å². The molecule has 1 amide bonds. The number of halogens is 1. The third-order valence-electron chi connectivity index (χ3n) is 2.82. The monoisotopic (exact) mass is 399 g/mol. The number of anilines is 1. The fourth-order valence-electron chi connectivity index (χ4n) is 1.80. The lowest BCUT2D eigenvalue weighted by molar-refractivity contribution is 0.102. The number of carbonyl (C=O) groups excluding carboxylic acids is 1. The molecule has 0 unspecified atom stereocenters. The number of amides is 1. The van der Waals surface area contributed by atoms with Crippen LogP contribution in [-0.2, 0) is 0 Å². The summed E-state index contributed by atoms with van der Waals surface area (Å²) in [5.74, 6) is 0.979. The van der Waals surface area contributed by atoms with Crippen LogP contribution in [-0.4, -0.2) is 25.2 Å². The summed E-state index contributed by atoms with van der Waals surface area (Å²) < 4.78 is 11.3. The van der Waals surface area contributed by atoms with Crippen molar-refractivity contribution in [2.75, 3.05) is 19.5 Å². The summed E-state index contributed by atoms with van der Waals surface area (Å²) in [6.45, 7) is 0. The van der Waals surface area contributed by atoms with Crippen LogP contribution in [0.2, 0.25) is 0 Å². The Hall–Kier alpha value is -1.96. The van der Waals surface area contributed by atoms with Gasteiger partial charge in [0.25, 0.3) is 5.91 Å².